The Bertz CT molecular complexity index is 898. The number of rotatable bonds is 7. The molecule has 7 heteroatoms. The van der Waals surface area contributed by atoms with Gasteiger partial charge in [0.05, 0.1) is 23.4 Å². The quantitative estimate of drug-likeness (QED) is 0.680. The predicted octanol–water partition coefficient (Wildman–Crippen LogP) is 3.47. The van der Waals surface area contributed by atoms with Crippen LogP contribution in [0.4, 0.5) is 5.69 Å². The van der Waals surface area contributed by atoms with Gasteiger partial charge < -0.3 is 15.4 Å². The maximum atomic E-state index is 12.2. The van der Waals surface area contributed by atoms with Gasteiger partial charge in [0, 0.05) is 4.90 Å². The number of para-hydroxylation sites is 1. The van der Waals surface area contributed by atoms with E-state index in [1.165, 1.54) is 17.3 Å². The van der Waals surface area contributed by atoms with Crippen LogP contribution in [-0.4, -0.2) is 29.6 Å². The first kappa shape index (κ1) is 20.9. The van der Waals surface area contributed by atoms with E-state index in [9.17, 15) is 14.4 Å². The summed E-state index contributed by atoms with van der Waals surface area (Å²) in [4.78, 5) is 37.3. The van der Waals surface area contributed by atoms with Crippen molar-refractivity contribution in [1.82, 2.24) is 5.32 Å². The summed E-state index contributed by atoms with van der Waals surface area (Å²) in [7, 11) is 0. The van der Waals surface area contributed by atoms with Gasteiger partial charge in [-0.15, -0.1) is 11.8 Å². The molecule has 0 bridgehead atoms. The molecule has 3 rings (SSSR count). The third-order valence-electron chi connectivity index (χ3n) is 4.69. The monoisotopic (exact) mass is 412 g/mol. The van der Waals surface area contributed by atoms with Crippen LogP contribution in [0.15, 0.2) is 53.4 Å². The first-order chi connectivity index (χ1) is 14.0. The molecule has 152 valence electrons. The van der Waals surface area contributed by atoms with Gasteiger partial charge in [-0.1, -0.05) is 43.3 Å². The maximum Gasteiger partial charge on any atom is 0.307 e. The molecule has 2 aromatic carbocycles. The van der Waals surface area contributed by atoms with Crippen molar-refractivity contribution in [3.05, 3.63) is 59.7 Å². The van der Waals surface area contributed by atoms with Gasteiger partial charge >= 0.3 is 5.97 Å². The molecule has 1 aliphatic heterocycles. The predicted molar refractivity (Wildman–Crippen MR) is 113 cm³/mol. The number of hydrogen-bond donors (Lipinski definition) is 2. The van der Waals surface area contributed by atoms with Crippen molar-refractivity contribution in [2.75, 3.05) is 11.9 Å². The summed E-state index contributed by atoms with van der Waals surface area (Å²) < 4.78 is 5.07. The van der Waals surface area contributed by atoms with Gasteiger partial charge in [-0.3, -0.25) is 14.4 Å². The number of carbonyl (C=O) groups is 3. The zero-order valence-electron chi connectivity index (χ0n) is 16.4. The summed E-state index contributed by atoms with van der Waals surface area (Å²) in [6, 6.07) is 15.2. The lowest BCUT2D eigenvalue weighted by atomic mass is 10.1. The Balaban J connectivity index is 1.45. The Kier molecular flexibility index (Phi) is 6.93. The van der Waals surface area contributed by atoms with Crippen LogP contribution in [0.2, 0.25) is 0 Å². The van der Waals surface area contributed by atoms with Crippen molar-refractivity contribution in [2.45, 2.75) is 42.9 Å². The molecule has 6 nitrogen and oxygen atoms in total. The third kappa shape index (κ3) is 5.60. The molecule has 0 aromatic heterocycles. The van der Waals surface area contributed by atoms with E-state index in [1.807, 2.05) is 55.5 Å². The fourth-order valence-corrected chi connectivity index (χ4v) is 4.09. The molecule has 2 N–H and O–H groups in total. The second kappa shape index (κ2) is 9.60. The van der Waals surface area contributed by atoms with E-state index >= 15 is 0 Å². The fourth-order valence-electron chi connectivity index (χ4n) is 2.99. The molecule has 0 saturated heterocycles. The summed E-state index contributed by atoms with van der Waals surface area (Å²) >= 11 is 1.33. The van der Waals surface area contributed by atoms with Crippen molar-refractivity contribution >= 4 is 35.2 Å². The molecule has 1 heterocycles. The van der Waals surface area contributed by atoms with Crippen LogP contribution in [0.1, 0.15) is 37.4 Å². The van der Waals surface area contributed by atoms with Crippen LogP contribution >= 0.6 is 11.8 Å². The highest BCUT2D eigenvalue weighted by atomic mass is 32.2. The van der Waals surface area contributed by atoms with Crippen molar-refractivity contribution in [3.8, 4) is 0 Å². The number of anilines is 1. The Morgan fingerprint density at radius 3 is 2.62 bits per heavy atom. The Morgan fingerprint density at radius 2 is 1.90 bits per heavy atom. The van der Waals surface area contributed by atoms with Crippen LogP contribution in [0.25, 0.3) is 0 Å². The van der Waals surface area contributed by atoms with E-state index in [0.717, 1.165) is 22.6 Å². The average molecular weight is 413 g/mol. The van der Waals surface area contributed by atoms with E-state index in [-0.39, 0.29) is 30.9 Å². The van der Waals surface area contributed by atoms with E-state index in [4.69, 9.17) is 4.74 Å². The van der Waals surface area contributed by atoms with Gasteiger partial charge in [0.2, 0.25) is 5.91 Å². The van der Waals surface area contributed by atoms with E-state index < -0.39 is 11.2 Å². The van der Waals surface area contributed by atoms with Crippen molar-refractivity contribution < 1.29 is 19.1 Å². The largest absolute Gasteiger partial charge is 0.456 e. The van der Waals surface area contributed by atoms with Crippen LogP contribution < -0.4 is 10.6 Å². The molecule has 0 aliphatic carbocycles. The van der Waals surface area contributed by atoms with Crippen molar-refractivity contribution in [3.63, 3.8) is 0 Å². The molecule has 2 amide bonds. The number of thioether (sulfide) groups is 1. The molecule has 0 saturated carbocycles. The topological polar surface area (TPSA) is 84.5 Å². The summed E-state index contributed by atoms with van der Waals surface area (Å²) in [6.07, 6.45) is 0.867. The fraction of sp³-hybridized carbons (Fsp3) is 0.318. The van der Waals surface area contributed by atoms with Gasteiger partial charge in [-0.2, -0.15) is 0 Å². The highest BCUT2D eigenvalue weighted by Crippen LogP contribution is 2.36. The zero-order valence-corrected chi connectivity index (χ0v) is 17.3. The van der Waals surface area contributed by atoms with E-state index in [1.54, 1.807) is 0 Å². The number of benzene rings is 2. The van der Waals surface area contributed by atoms with E-state index in [2.05, 4.69) is 17.6 Å². The lowest BCUT2D eigenvalue weighted by Crippen LogP contribution is -2.34. The Morgan fingerprint density at radius 1 is 1.17 bits per heavy atom. The minimum atomic E-state index is -0.577. The second-order valence-corrected chi connectivity index (χ2v) is 8.09. The molecule has 1 aliphatic rings. The molecule has 0 unspecified atom stereocenters. The van der Waals surface area contributed by atoms with Crippen LogP contribution in [-0.2, 0) is 25.5 Å². The second-order valence-electron chi connectivity index (χ2n) is 6.84. The molecule has 2 atom stereocenters. The highest BCUT2D eigenvalue weighted by Gasteiger charge is 2.29. The molecular formula is C22H24N2O4S. The summed E-state index contributed by atoms with van der Waals surface area (Å²) in [6.45, 7) is 3.59. The first-order valence-corrected chi connectivity index (χ1v) is 10.4. The van der Waals surface area contributed by atoms with Crippen molar-refractivity contribution in [2.24, 2.45) is 0 Å². The first-order valence-electron chi connectivity index (χ1n) is 9.56. The van der Waals surface area contributed by atoms with Gasteiger partial charge in [-0.05, 0) is 36.6 Å². The smallest absolute Gasteiger partial charge is 0.307 e. The van der Waals surface area contributed by atoms with Gasteiger partial charge in [0.25, 0.3) is 5.91 Å². The number of aryl methyl sites for hydroxylation is 1. The lowest BCUT2D eigenvalue weighted by molar-refractivity contribution is -0.149. The SMILES string of the molecule is CCc1ccc([C@H](C)NC(=O)COC(=O)C[C@@H]2Sc3ccccc3NC2=O)cc1. The van der Waals surface area contributed by atoms with E-state index in [0.29, 0.717) is 0 Å². The number of nitrogens with one attached hydrogen (secondary N) is 2. The van der Waals surface area contributed by atoms with Crippen LogP contribution in [0.3, 0.4) is 0 Å². The van der Waals surface area contributed by atoms with Crippen LogP contribution in [0, 0.1) is 0 Å². The molecule has 0 radical (unpaired) electrons. The molecule has 0 spiro atoms. The number of carbonyl (C=O) groups excluding carboxylic acids is 3. The molecule has 0 fully saturated rings. The van der Waals surface area contributed by atoms with Gasteiger partial charge in [0.15, 0.2) is 6.61 Å². The summed E-state index contributed by atoms with van der Waals surface area (Å²) in [5.74, 6) is -1.19. The number of fused-ring (bicyclic) bond motifs is 1. The Labute approximate surface area is 174 Å². The number of amides is 2. The molecule has 2 aromatic rings. The highest BCUT2D eigenvalue weighted by molar-refractivity contribution is 8.01. The lowest BCUT2D eigenvalue weighted by Gasteiger charge is -2.23. The normalized spacial score (nSPS) is 16.3. The standard InChI is InChI=1S/C22H24N2O4S/c1-3-15-8-10-16(11-9-15)14(2)23-20(25)13-28-21(26)12-19-22(27)24-17-6-4-5-7-18(17)29-19/h4-11,14,19H,3,12-13H2,1-2H3,(H,23,25)(H,24,27)/t14-,19-/m0/s1. The number of ether oxygens (including phenoxy) is 1. The van der Waals surface area contributed by atoms with Gasteiger partial charge in [0.1, 0.15) is 0 Å². The molecule has 29 heavy (non-hydrogen) atoms. The van der Waals surface area contributed by atoms with Crippen LogP contribution in [0.5, 0.6) is 0 Å². The minimum absolute atomic E-state index is 0.0911. The van der Waals surface area contributed by atoms with Crippen molar-refractivity contribution in [1.29, 1.82) is 0 Å². The summed E-state index contributed by atoms with van der Waals surface area (Å²) in [5.41, 5.74) is 2.96. The summed E-state index contributed by atoms with van der Waals surface area (Å²) in [5, 5.41) is 5.03. The zero-order chi connectivity index (χ0) is 20.8. The average Bonchev–Trinajstić information content (AvgIpc) is 2.73. The Hall–Kier alpha value is -2.80. The number of esters is 1. The van der Waals surface area contributed by atoms with Gasteiger partial charge in [-0.25, -0.2) is 0 Å². The maximum absolute atomic E-state index is 12.2. The minimum Gasteiger partial charge on any atom is -0.456 e. The third-order valence-corrected chi connectivity index (χ3v) is 5.96. The number of hydrogen-bond acceptors (Lipinski definition) is 5. The molecular weight excluding hydrogens is 388 g/mol.